The van der Waals surface area contributed by atoms with E-state index in [1.165, 1.54) is 0 Å². The fourth-order valence-electron chi connectivity index (χ4n) is 3.62. The maximum Gasteiger partial charge on any atom is 0.357 e. The molecule has 2 heterocycles. The van der Waals surface area contributed by atoms with Crippen molar-refractivity contribution >= 4 is 22.6 Å². The van der Waals surface area contributed by atoms with Crippen molar-refractivity contribution in [1.82, 2.24) is 14.7 Å². The summed E-state index contributed by atoms with van der Waals surface area (Å²) in [4.78, 5) is 38.6. The molecular formula is C18H21N3O4. The number of benzene rings is 1. The van der Waals surface area contributed by atoms with Crippen molar-refractivity contribution in [3.8, 4) is 0 Å². The zero-order chi connectivity index (χ0) is 18.1. The predicted molar refractivity (Wildman–Crippen MR) is 92.6 cm³/mol. The number of aromatic nitrogens is 2. The molecule has 0 unspecified atom stereocenters. The number of amides is 1. The molecule has 0 radical (unpaired) electrons. The summed E-state index contributed by atoms with van der Waals surface area (Å²) in [6.45, 7) is 3.73. The van der Waals surface area contributed by atoms with Crippen molar-refractivity contribution in [3.63, 3.8) is 0 Å². The van der Waals surface area contributed by atoms with Crippen LogP contribution >= 0.6 is 0 Å². The molecule has 1 fully saturated rings. The fourth-order valence-corrected chi connectivity index (χ4v) is 3.62. The molecule has 7 nitrogen and oxygen atoms in total. The average molecular weight is 343 g/mol. The van der Waals surface area contributed by atoms with Gasteiger partial charge in [-0.2, -0.15) is 5.10 Å². The number of carboxylic acids is 1. The van der Waals surface area contributed by atoms with Crippen LogP contribution in [-0.2, 0) is 11.3 Å². The summed E-state index contributed by atoms with van der Waals surface area (Å²) >= 11 is 0. The summed E-state index contributed by atoms with van der Waals surface area (Å²) in [5, 5.41) is 13.9. The second-order valence-electron chi connectivity index (χ2n) is 6.59. The number of hydrogen-bond donors (Lipinski definition) is 1. The van der Waals surface area contributed by atoms with Gasteiger partial charge in [0.15, 0.2) is 5.69 Å². The van der Waals surface area contributed by atoms with Gasteiger partial charge in [-0.05, 0) is 39.2 Å². The molecule has 3 rings (SSSR count). The quantitative estimate of drug-likeness (QED) is 0.918. The number of piperidine rings is 1. The van der Waals surface area contributed by atoms with E-state index in [1.54, 1.807) is 29.2 Å². The van der Waals surface area contributed by atoms with Crippen LogP contribution in [0, 0.1) is 0 Å². The first-order valence-electron chi connectivity index (χ1n) is 8.44. The number of likely N-dealkylation sites (tertiary alicyclic amines) is 1. The first-order valence-corrected chi connectivity index (χ1v) is 8.44. The van der Waals surface area contributed by atoms with E-state index < -0.39 is 11.5 Å². The van der Waals surface area contributed by atoms with E-state index in [0.717, 1.165) is 23.9 Å². The number of nitrogens with zero attached hydrogens (tertiary/aromatic N) is 3. The topological polar surface area (TPSA) is 92.5 Å². The largest absolute Gasteiger partial charge is 0.476 e. The van der Waals surface area contributed by atoms with Gasteiger partial charge in [-0.1, -0.05) is 18.2 Å². The average Bonchev–Trinajstić information content (AvgIpc) is 2.57. The number of carbonyl (C=O) groups is 2. The molecule has 1 saturated heterocycles. The summed E-state index contributed by atoms with van der Waals surface area (Å²) in [6, 6.07) is 6.63. The van der Waals surface area contributed by atoms with Gasteiger partial charge in [-0.3, -0.25) is 9.59 Å². The van der Waals surface area contributed by atoms with Crippen molar-refractivity contribution in [2.24, 2.45) is 0 Å². The highest BCUT2D eigenvalue weighted by Crippen LogP contribution is 2.23. The Bertz CT molecular complexity index is 880. The van der Waals surface area contributed by atoms with Crippen LogP contribution in [-0.4, -0.2) is 43.7 Å². The Kier molecular flexibility index (Phi) is 4.57. The monoisotopic (exact) mass is 343 g/mol. The summed E-state index contributed by atoms with van der Waals surface area (Å²) in [5.41, 5.74) is -0.672. The molecule has 1 aromatic heterocycles. The van der Waals surface area contributed by atoms with Crippen molar-refractivity contribution in [1.29, 1.82) is 0 Å². The smallest absolute Gasteiger partial charge is 0.357 e. The van der Waals surface area contributed by atoms with Crippen LogP contribution in [0.3, 0.4) is 0 Å². The Hall–Kier alpha value is -2.70. The highest BCUT2D eigenvalue weighted by molar-refractivity contribution is 6.01. The Labute approximate surface area is 144 Å². The van der Waals surface area contributed by atoms with Gasteiger partial charge in [0.25, 0.3) is 5.56 Å². The summed E-state index contributed by atoms with van der Waals surface area (Å²) < 4.78 is 0.974. The predicted octanol–water partition coefficient (Wildman–Crippen LogP) is 1.88. The van der Waals surface area contributed by atoms with Gasteiger partial charge in [-0.15, -0.1) is 0 Å². The van der Waals surface area contributed by atoms with E-state index in [9.17, 15) is 19.5 Å². The highest BCUT2D eigenvalue weighted by atomic mass is 16.4. The fraction of sp³-hybridized carbons (Fsp3) is 0.444. The van der Waals surface area contributed by atoms with Crippen molar-refractivity contribution in [3.05, 3.63) is 40.3 Å². The molecule has 1 aliphatic heterocycles. The van der Waals surface area contributed by atoms with Gasteiger partial charge < -0.3 is 10.0 Å². The van der Waals surface area contributed by atoms with E-state index in [1.807, 2.05) is 13.8 Å². The molecule has 2 aromatic rings. The Balaban J connectivity index is 2.01. The lowest BCUT2D eigenvalue weighted by atomic mass is 9.97. The number of carboxylic acid groups (broad SMARTS) is 1. The molecule has 0 bridgehead atoms. The molecular weight excluding hydrogens is 322 g/mol. The van der Waals surface area contributed by atoms with E-state index >= 15 is 0 Å². The number of aromatic carboxylic acids is 1. The number of hydrogen-bond acceptors (Lipinski definition) is 4. The molecule has 25 heavy (non-hydrogen) atoms. The number of carbonyl (C=O) groups excluding carboxylic acids is 1. The Morgan fingerprint density at radius 2 is 1.76 bits per heavy atom. The number of rotatable bonds is 3. The molecule has 1 N–H and O–H groups in total. The lowest BCUT2D eigenvalue weighted by Gasteiger charge is -2.39. The lowest BCUT2D eigenvalue weighted by molar-refractivity contribution is -0.138. The maximum absolute atomic E-state index is 12.7. The second-order valence-corrected chi connectivity index (χ2v) is 6.59. The van der Waals surface area contributed by atoms with Crippen LogP contribution in [0.2, 0.25) is 0 Å². The van der Waals surface area contributed by atoms with E-state index in [0.29, 0.717) is 0 Å². The molecule has 7 heteroatoms. The van der Waals surface area contributed by atoms with Crippen LogP contribution < -0.4 is 5.56 Å². The van der Waals surface area contributed by atoms with Crippen molar-refractivity contribution < 1.29 is 14.7 Å². The zero-order valence-electron chi connectivity index (χ0n) is 14.3. The van der Waals surface area contributed by atoms with Crippen LogP contribution in [0.25, 0.3) is 10.8 Å². The summed E-state index contributed by atoms with van der Waals surface area (Å²) in [6.07, 6.45) is 2.93. The third-order valence-corrected chi connectivity index (χ3v) is 4.84. The first kappa shape index (κ1) is 17.1. The van der Waals surface area contributed by atoms with Gasteiger partial charge in [-0.25, -0.2) is 9.48 Å². The summed E-state index contributed by atoms with van der Waals surface area (Å²) in [5.74, 6) is -1.43. The second kappa shape index (κ2) is 6.66. The van der Waals surface area contributed by atoms with E-state index in [2.05, 4.69) is 5.10 Å². The lowest BCUT2D eigenvalue weighted by Crippen LogP contribution is -2.49. The van der Waals surface area contributed by atoms with Crippen molar-refractivity contribution in [2.45, 2.75) is 51.7 Å². The standard InChI is InChI=1S/C18H21N3O4/c1-11-6-5-7-12(2)21(11)15(22)10-20-17(23)14-9-4-3-8-13(14)16(19-20)18(24)25/h3-4,8-9,11-12H,5-7,10H2,1-2H3,(H,24,25)/t11-,12-/m0/s1. The van der Waals surface area contributed by atoms with Gasteiger partial charge >= 0.3 is 5.97 Å². The Morgan fingerprint density at radius 1 is 1.16 bits per heavy atom. The minimum atomic E-state index is -1.22. The van der Waals surface area contributed by atoms with Crippen molar-refractivity contribution in [2.75, 3.05) is 0 Å². The minimum Gasteiger partial charge on any atom is -0.476 e. The van der Waals surface area contributed by atoms with Gasteiger partial charge in [0.1, 0.15) is 6.54 Å². The minimum absolute atomic E-state index is 0.103. The third-order valence-electron chi connectivity index (χ3n) is 4.84. The van der Waals surface area contributed by atoms with Crippen LogP contribution in [0.15, 0.2) is 29.1 Å². The molecule has 1 amide bonds. The zero-order valence-corrected chi connectivity index (χ0v) is 14.3. The first-order chi connectivity index (χ1) is 11.9. The highest BCUT2D eigenvalue weighted by Gasteiger charge is 2.29. The van der Waals surface area contributed by atoms with Gasteiger partial charge in [0, 0.05) is 17.5 Å². The molecule has 0 spiro atoms. The normalized spacial score (nSPS) is 20.6. The molecule has 132 valence electrons. The maximum atomic E-state index is 12.7. The van der Waals surface area contributed by atoms with Gasteiger partial charge in [0.2, 0.25) is 5.91 Å². The molecule has 2 atom stereocenters. The summed E-state index contributed by atoms with van der Waals surface area (Å²) in [7, 11) is 0. The Morgan fingerprint density at radius 3 is 2.36 bits per heavy atom. The van der Waals surface area contributed by atoms with E-state index in [-0.39, 0.29) is 41.0 Å². The molecule has 1 aromatic carbocycles. The molecule has 0 aliphatic carbocycles. The molecule has 0 saturated carbocycles. The SMILES string of the molecule is C[C@H]1CCC[C@H](C)N1C(=O)Cn1nc(C(=O)O)c2ccccc2c1=O. The van der Waals surface area contributed by atoms with Crippen LogP contribution in [0.1, 0.15) is 43.6 Å². The van der Waals surface area contributed by atoms with Crippen LogP contribution in [0.4, 0.5) is 0 Å². The molecule has 1 aliphatic rings. The van der Waals surface area contributed by atoms with E-state index in [4.69, 9.17) is 0 Å². The number of fused-ring (bicyclic) bond motifs is 1. The third kappa shape index (κ3) is 3.14. The van der Waals surface area contributed by atoms with Crippen LogP contribution in [0.5, 0.6) is 0 Å². The van der Waals surface area contributed by atoms with Gasteiger partial charge in [0.05, 0.1) is 5.39 Å².